The van der Waals surface area contributed by atoms with Crippen molar-refractivity contribution in [3.8, 4) is 0 Å². The molecule has 31 heavy (non-hydrogen) atoms. The topological polar surface area (TPSA) is 77.8 Å². The minimum atomic E-state index is -4.01. The van der Waals surface area contributed by atoms with E-state index in [1.165, 1.54) is 3.97 Å². The lowest BCUT2D eigenvalue weighted by atomic mass is 10.0. The first-order valence-electron chi connectivity index (χ1n) is 9.99. The van der Waals surface area contributed by atoms with Crippen molar-refractivity contribution in [3.63, 3.8) is 0 Å². The second-order valence-corrected chi connectivity index (χ2v) is 9.07. The highest BCUT2D eigenvalue weighted by Gasteiger charge is 2.35. The summed E-state index contributed by atoms with van der Waals surface area (Å²) in [5.41, 5.74) is 1.80. The number of aliphatic hydroxyl groups excluding tert-OH is 1. The van der Waals surface area contributed by atoms with Gasteiger partial charge in [-0.05, 0) is 23.8 Å². The third kappa shape index (κ3) is 3.36. The lowest BCUT2D eigenvalue weighted by Crippen LogP contribution is -2.20. The Morgan fingerprint density at radius 3 is 2.10 bits per heavy atom. The Morgan fingerprint density at radius 1 is 0.839 bits per heavy atom. The molecule has 0 saturated carbocycles. The molecule has 1 saturated heterocycles. The molecule has 1 atom stereocenters. The fraction of sp³-hybridized carbons (Fsp3) is 0.167. The van der Waals surface area contributed by atoms with Crippen LogP contribution < -0.4 is 0 Å². The lowest BCUT2D eigenvalue weighted by Gasteiger charge is -2.20. The summed E-state index contributed by atoms with van der Waals surface area (Å²) in [6.45, 7) is 0.799. The Labute approximate surface area is 180 Å². The van der Waals surface area contributed by atoms with E-state index in [-0.39, 0.29) is 10.6 Å². The summed E-state index contributed by atoms with van der Waals surface area (Å²) in [6, 6.07) is 24.4. The number of rotatable bonds is 5. The van der Waals surface area contributed by atoms with Crippen molar-refractivity contribution in [3.05, 3.63) is 102 Å². The molecule has 0 bridgehead atoms. The number of aromatic nitrogens is 1. The highest BCUT2D eigenvalue weighted by molar-refractivity contribution is 7.90. The molecule has 0 amide bonds. The van der Waals surface area contributed by atoms with Gasteiger partial charge in [0.2, 0.25) is 0 Å². The van der Waals surface area contributed by atoms with Crippen molar-refractivity contribution in [1.82, 2.24) is 3.97 Å². The molecular weight excluding hydrogens is 414 g/mol. The standard InChI is InChI=1S/C24H21NO5S/c26-23(17-9-3-1-4-10-17)22-21(24-29-15-16-30-24)19-13-7-8-14-20(19)25(22)31(27,28)18-11-5-2-6-12-18/h1-14,23-24,26H,15-16H2. The van der Waals surface area contributed by atoms with Gasteiger partial charge in [-0.3, -0.25) is 0 Å². The van der Waals surface area contributed by atoms with Crippen LogP contribution in [0.4, 0.5) is 0 Å². The van der Waals surface area contributed by atoms with Gasteiger partial charge in [0.15, 0.2) is 6.29 Å². The normalized spacial score (nSPS) is 16.0. The molecular formula is C24H21NO5S. The van der Waals surface area contributed by atoms with Gasteiger partial charge >= 0.3 is 0 Å². The maximum Gasteiger partial charge on any atom is 0.268 e. The average Bonchev–Trinajstić information content (AvgIpc) is 3.46. The number of fused-ring (bicyclic) bond motifs is 1. The molecule has 1 N–H and O–H groups in total. The van der Waals surface area contributed by atoms with E-state index in [1.54, 1.807) is 66.7 Å². The van der Waals surface area contributed by atoms with Gasteiger partial charge in [-0.2, -0.15) is 0 Å². The molecule has 1 aliphatic heterocycles. The molecule has 1 unspecified atom stereocenters. The van der Waals surface area contributed by atoms with Crippen molar-refractivity contribution >= 4 is 20.9 Å². The van der Waals surface area contributed by atoms with Gasteiger partial charge in [0, 0.05) is 10.9 Å². The van der Waals surface area contributed by atoms with Gasteiger partial charge < -0.3 is 14.6 Å². The van der Waals surface area contributed by atoms with E-state index >= 15 is 0 Å². The largest absolute Gasteiger partial charge is 0.382 e. The van der Waals surface area contributed by atoms with Gasteiger partial charge in [-0.25, -0.2) is 12.4 Å². The Kier molecular flexibility index (Phi) is 5.11. The smallest absolute Gasteiger partial charge is 0.268 e. The number of nitrogens with zero attached hydrogens (tertiary/aromatic N) is 1. The van der Waals surface area contributed by atoms with Crippen LogP contribution in [0.1, 0.15) is 29.2 Å². The molecule has 3 aromatic carbocycles. The number of hydrogen-bond donors (Lipinski definition) is 1. The van der Waals surface area contributed by atoms with E-state index in [9.17, 15) is 13.5 Å². The van der Waals surface area contributed by atoms with Crippen molar-refractivity contribution < 1.29 is 23.0 Å². The van der Waals surface area contributed by atoms with E-state index < -0.39 is 22.4 Å². The van der Waals surface area contributed by atoms with Crippen LogP contribution in [0.3, 0.4) is 0 Å². The fourth-order valence-electron chi connectivity index (χ4n) is 4.04. The van der Waals surface area contributed by atoms with Crippen molar-refractivity contribution in [2.75, 3.05) is 13.2 Å². The minimum Gasteiger partial charge on any atom is -0.382 e. The molecule has 0 spiro atoms. The minimum absolute atomic E-state index is 0.136. The van der Waals surface area contributed by atoms with E-state index in [4.69, 9.17) is 9.47 Å². The van der Waals surface area contributed by atoms with Crippen LogP contribution in [-0.4, -0.2) is 30.7 Å². The van der Waals surface area contributed by atoms with Gasteiger partial charge in [0.1, 0.15) is 6.10 Å². The first-order chi connectivity index (χ1) is 15.1. The maximum atomic E-state index is 13.8. The molecule has 5 rings (SSSR count). The summed E-state index contributed by atoms with van der Waals surface area (Å²) in [5, 5.41) is 12.1. The van der Waals surface area contributed by atoms with E-state index in [0.29, 0.717) is 35.2 Å². The quantitative estimate of drug-likeness (QED) is 0.513. The third-order valence-electron chi connectivity index (χ3n) is 5.42. The first kappa shape index (κ1) is 20.0. The molecule has 0 radical (unpaired) electrons. The van der Waals surface area contributed by atoms with Crippen molar-refractivity contribution in [1.29, 1.82) is 0 Å². The van der Waals surface area contributed by atoms with Crippen LogP contribution in [0.15, 0.2) is 89.8 Å². The monoisotopic (exact) mass is 435 g/mol. The third-order valence-corrected chi connectivity index (χ3v) is 7.16. The first-order valence-corrected chi connectivity index (χ1v) is 11.4. The van der Waals surface area contributed by atoms with Crippen LogP contribution in [0.2, 0.25) is 0 Å². The summed E-state index contributed by atoms with van der Waals surface area (Å²) in [7, 11) is -4.01. The molecule has 7 heteroatoms. The van der Waals surface area contributed by atoms with E-state index in [2.05, 4.69) is 0 Å². The van der Waals surface area contributed by atoms with E-state index in [1.807, 2.05) is 18.2 Å². The number of aliphatic hydroxyl groups is 1. The molecule has 2 heterocycles. The summed E-state index contributed by atoms with van der Waals surface area (Å²) in [5.74, 6) is 0. The van der Waals surface area contributed by atoms with Gasteiger partial charge in [-0.1, -0.05) is 66.7 Å². The maximum absolute atomic E-state index is 13.8. The Bertz CT molecular complexity index is 1310. The predicted molar refractivity (Wildman–Crippen MR) is 116 cm³/mol. The van der Waals surface area contributed by atoms with Gasteiger partial charge in [0.25, 0.3) is 10.0 Å². The molecule has 1 aliphatic rings. The number of hydrogen-bond acceptors (Lipinski definition) is 5. The van der Waals surface area contributed by atoms with E-state index in [0.717, 1.165) is 0 Å². The fourth-order valence-corrected chi connectivity index (χ4v) is 5.62. The summed E-state index contributed by atoms with van der Waals surface area (Å²) < 4.78 is 40.4. The average molecular weight is 436 g/mol. The molecule has 0 aliphatic carbocycles. The number of para-hydroxylation sites is 1. The number of ether oxygens (including phenoxy) is 2. The van der Waals surface area contributed by atoms with Crippen LogP contribution >= 0.6 is 0 Å². The molecule has 1 fully saturated rings. The van der Waals surface area contributed by atoms with Crippen molar-refractivity contribution in [2.45, 2.75) is 17.3 Å². The predicted octanol–water partition coefficient (Wildman–Crippen LogP) is 4.01. The van der Waals surface area contributed by atoms with Gasteiger partial charge in [-0.15, -0.1) is 0 Å². The highest BCUT2D eigenvalue weighted by Crippen LogP contribution is 2.41. The van der Waals surface area contributed by atoms with Crippen LogP contribution in [0.25, 0.3) is 10.9 Å². The lowest BCUT2D eigenvalue weighted by molar-refractivity contribution is -0.0446. The summed E-state index contributed by atoms with van der Waals surface area (Å²) in [6.07, 6.45) is -1.96. The highest BCUT2D eigenvalue weighted by atomic mass is 32.2. The second-order valence-electron chi connectivity index (χ2n) is 7.29. The van der Waals surface area contributed by atoms with Crippen LogP contribution in [0, 0.1) is 0 Å². The van der Waals surface area contributed by atoms with Crippen LogP contribution in [0.5, 0.6) is 0 Å². The second kappa shape index (κ2) is 7.94. The molecule has 158 valence electrons. The molecule has 1 aromatic heterocycles. The zero-order valence-corrected chi connectivity index (χ0v) is 17.4. The zero-order chi connectivity index (χ0) is 21.4. The molecule has 4 aromatic rings. The number of benzene rings is 3. The Morgan fingerprint density at radius 2 is 1.42 bits per heavy atom. The Balaban J connectivity index is 1.86. The summed E-state index contributed by atoms with van der Waals surface area (Å²) >= 11 is 0. The SMILES string of the molecule is O=S(=O)(c1ccccc1)n1c(C(O)c2ccccc2)c(C2OCCO2)c2ccccc21. The molecule has 6 nitrogen and oxygen atoms in total. The van der Waals surface area contributed by atoms with Crippen LogP contribution in [-0.2, 0) is 19.5 Å². The Hall–Kier alpha value is -2.97. The zero-order valence-electron chi connectivity index (χ0n) is 16.6. The van der Waals surface area contributed by atoms with Gasteiger partial charge in [0.05, 0.1) is 29.3 Å². The van der Waals surface area contributed by atoms with Crippen molar-refractivity contribution in [2.24, 2.45) is 0 Å². The summed E-state index contributed by atoms with van der Waals surface area (Å²) in [4.78, 5) is 0.136.